The molecule has 0 aromatic heterocycles. The van der Waals surface area contributed by atoms with E-state index in [4.69, 9.17) is 4.74 Å². The number of hydrogen-bond acceptors (Lipinski definition) is 4. The Hall–Kier alpha value is -1.20. The quantitative estimate of drug-likeness (QED) is 0.776. The number of hydrogen-bond donors (Lipinski definition) is 0. The molecule has 1 aromatic carbocycles. The van der Waals surface area contributed by atoms with Crippen molar-refractivity contribution in [1.82, 2.24) is 13.5 Å². The third-order valence-corrected chi connectivity index (χ3v) is 6.71. The maximum absolute atomic E-state index is 13.1. The van der Waals surface area contributed by atoms with Crippen LogP contribution >= 0.6 is 0 Å². The summed E-state index contributed by atoms with van der Waals surface area (Å²) in [6.07, 6.45) is -4.39. The summed E-state index contributed by atoms with van der Waals surface area (Å²) in [7, 11) is -3.53. The van der Waals surface area contributed by atoms with E-state index in [2.05, 4.69) is 0 Å². The first-order valence-corrected chi connectivity index (χ1v) is 9.88. The van der Waals surface area contributed by atoms with E-state index in [0.29, 0.717) is 39.4 Å². The van der Waals surface area contributed by atoms with Gasteiger partial charge in [-0.1, -0.05) is 18.2 Å². The van der Waals surface area contributed by atoms with E-state index in [1.807, 2.05) is 4.90 Å². The van der Waals surface area contributed by atoms with Gasteiger partial charge in [-0.05, 0) is 11.6 Å². The molecule has 0 aliphatic carbocycles. The number of nitrogens with zero attached hydrogens (tertiary/aromatic N) is 3. The van der Waals surface area contributed by atoms with Gasteiger partial charge in [0, 0.05) is 45.8 Å². The van der Waals surface area contributed by atoms with Crippen molar-refractivity contribution in [2.75, 3.05) is 52.5 Å². The van der Waals surface area contributed by atoms with Gasteiger partial charge in [0.2, 0.25) is 0 Å². The summed E-state index contributed by atoms with van der Waals surface area (Å²) in [5.41, 5.74) is -0.423. The van der Waals surface area contributed by atoms with Crippen molar-refractivity contribution in [3.63, 3.8) is 0 Å². The first-order valence-electron chi connectivity index (χ1n) is 8.49. The fourth-order valence-electron chi connectivity index (χ4n) is 3.23. The lowest BCUT2D eigenvalue weighted by atomic mass is 10.1. The third kappa shape index (κ3) is 4.37. The van der Waals surface area contributed by atoms with E-state index in [9.17, 15) is 21.6 Å². The summed E-state index contributed by atoms with van der Waals surface area (Å²) in [5, 5.41) is 0. The number of piperazine rings is 1. The van der Waals surface area contributed by atoms with Crippen molar-refractivity contribution >= 4 is 10.2 Å². The largest absolute Gasteiger partial charge is 0.416 e. The van der Waals surface area contributed by atoms with Crippen molar-refractivity contribution in [2.45, 2.75) is 12.7 Å². The lowest BCUT2D eigenvalue weighted by Gasteiger charge is -2.37. The van der Waals surface area contributed by atoms with Gasteiger partial charge >= 0.3 is 6.18 Å². The Labute approximate surface area is 151 Å². The van der Waals surface area contributed by atoms with Gasteiger partial charge in [0.25, 0.3) is 10.2 Å². The van der Waals surface area contributed by atoms with Crippen LogP contribution in [0, 0.1) is 0 Å². The molecule has 2 heterocycles. The number of morpholine rings is 1. The Balaban J connectivity index is 1.61. The lowest BCUT2D eigenvalue weighted by Crippen LogP contribution is -2.54. The zero-order valence-corrected chi connectivity index (χ0v) is 15.1. The minimum Gasteiger partial charge on any atom is -0.379 e. The molecule has 10 heteroatoms. The maximum atomic E-state index is 13.1. The molecular weight excluding hydrogens is 371 g/mol. The molecule has 0 amide bonds. The van der Waals surface area contributed by atoms with E-state index >= 15 is 0 Å². The summed E-state index contributed by atoms with van der Waals surface area (Å²) in [5.74, 6) is 0. The van der Waals surface area contributed by atoms with Crippen LogP contribution in [0.4, 0.5) is 13.2 Å². The summed E-state index contributed by atoms with van der Waals surface area (Å²) >= 11 is 0. The number of benzene rings is 1. The standard InChI is InChI=1S/C16H22F3N3O3S/c17-16(18,19)15-4-2-1-3-14(15)13-20-5-7-21(8-6-20)26(23,24)22-9-11-25-12-10-22/h1-4H,5-13H2. The van der Waals surface area contributed by atoms with Gasteiger partial charge in [-0.2, -0.15) is 30.2 Å². The van der Waals surface area contributed by atoms with Crippen molar-refractivity contribution in [2.24, 2.45) is 0 Å². The van der Waals surface area contributed by atoms with Crippen LogP contribution in [0.15, 0.2) is 24.3 Å². The molecule has 2 saturated heterocycles. The van der Waals surface area contributed by atoms with Gasteiger partial charge in [0.1, 0.15) is 0 Å². The van der Waals surface area contributed by atoms with Crippen LogP contribution in [0.5, 0.6) is 0 Å². The van der Waals surface area contributed by atoms with E-state index < -0.39 is 21.9 Å². The molecule has 146 valence electrons. The van der Waals surface area contributed by atoms with Gasteiger partial charge in [0.15, 0.2) is 0 Å². The van der Waals surface area contributed by atoms with Gasteiger partial charge in [-0.25, -0.2) is 0 Å². The Morgan fingerprint density at radius 2 is 1.50 bits per heavy atom. The van der Waals surface area contributed by atoms with Crippen LogP contribution in [-0.2, 0) is 27.7 Å². The molecule has 0 spiro atoms. The highest BCUT2D eigenvalue weighted by Gasteiger charge is 2.35. The van der Waals surface area contributed by atoms with Crippen LogP contribution in [-0.4, -0.2) is 74.4 Å². The van der Waals surface area contributed by atoms with E-state index in [-0.39, 0.29) is 25.2 Å². The molecule has 3 rings (SSSR count). The highest BCUT2D eigenvalue weighted by Crippen LogP contribution is 2.32. The summed E-state index contributed by atoms with van der Waals surface area (Å²) < 4.78 is 72.6. The molecule has 0 N–H and O–H groups in total. The molecule has 0 bridgehead atoms. The first-order chi connectivity index (χ1) is 12.3. The zero-order valence-electron chi connectivity index (χ0n) is 14.3. The Kier molecular flexibility index (Phi) is 5.88. The highest BCUT2D eigenvalue weighted by atomic mass is 32.2. The summed E-state index contributed by atoms with van der Waals surface area (Å²) in [6, 6.07) is 5.51. The number of halogens is 3. The highest BCUT2D eigenvalue weighted by molar-refractivity contribution is 7.86. The molecular formula is C16H22F3N3O3S. The molecule has 0 radical (unpaired) electrons. The fraction of sp³-hybridized carbons (Fsp3) is 0.625. The van der Waals surface area contributed by atoms with Crippen LogP contribution in [0.2, 0.25) is 0 Å². The molecule has 0 unspecified atom stereocenters. The summed E-state index contributed by atoms with van der Waals surface area (Å²) in [6.45, 7) is 2.93. The second kappa shape index (κ2) is 7.81. The van der Waals surface area contributed by atoms with Crippen LogP contribution in [0.1, 0.15) is 11.1 Å². The zero-order chi connectivity index (χ0) is 18.8. The number of rotatable bonds is 4. The monoisotopic (exact) mass is 393 g/mol. The predicted octanol–water partition coefficient (Wildman–Crippen LogP) is 1.40. The molecule has 2 aliphatic heterocycles. The van der Waals surface area contributed by atoms with Crippen molar-refractivity contribution < 1.29 is 26.3 Å². The molecule has 0 saturated carbocycles. The fourth-order valence-corrected chi connectivity index (χ4v) is 4.80. The molecule has 26 heavy (non-hydrogen) atoms. The van der Waals surface area contributed by atoms with Crippen molar-refractivity contribution in [1.29, 1.82) is 0 Å². The van der Waals surface area contributed by atoms with Gasteiger partial charge < -0.3 is 4.74 Å². The van der Waals surface area contributed by atoms with Gasteiger partial charge in [-0.3, -0.25) is 4.90 Å². The molecule has 0 atom stereocenters. The first kappa shape index (κ1) is 19.6. The Bertz CT molecular complexity index is 713. The molecule has 6 nitrogen and oxygen atoms in total. The minimum absolute atomic E-state index is 0.154. The third-order valence-electron chi connectivity index (χ3n) is 4.67. The number of ether oxygens (including phenoxy) is 1. The smallest absolute Gasteiger partial charge is 0.379 e. The van der Waals surface area contributed by atoms with Crippen LogP contribution in [0.3, 0.4) is 0 Å². The van der Waals surface area contributed by atoms with Gasteiger partial charge in [0.05, 0.1) is 18.8 Å². The Morgan fingerprint density at radius 3 is 2.12 bits per heavy atom. The molecule has 2 fully saturated rings. The minimum atomic E-state index is -4.39. The van der Waals surface area contributed by atoms with E-state index in [0.717, 1.165) is 6.07 Å². The SMILES string of the molecule is O=S(=O)(N1CCOCC1)N1CCN(Cc2ccccc2C(F)(F)F)CC1. The van der Waals surface area contributed by atoms with Crippen molar-refractivity contribution in [3.05, 3.63) is 35.4 Å². The van der Waals surface area contributed by atoms with Crippen LogP contribution in [0.25, 0.3) is 0 Å². The second-order valence-corrected chi connectivity index (χ2v) is 8.28. The average Bonchev–Trinajstić information content (AvgIpc) is 2.62. The van der Waals surface area contributed by atoms with E-state index in [1.165, 1.54) is 20.7 Å². The second-order valence-electron chi connectivity index (χ2n) is 6.35. The molecule has 1 aromatic rings. The van der Waals surface area contributed by atoms with Crippen molar-refractivity contribution in [3.8, 4) is 0 Å². The normalized spacial score (nSPS) is 21.8. The van der Waals surface area contributed by atoms with E-state index in [1.54, 1.807) is 6.07 Å². The Morgan fingerprint density at radius 1 is 0.923 bits per heavy atom. The lowest BCUT2D eigenvalue weighted by molar-refractivity contribution is -0.138. The summed E-state index contributed by atoms with van der Waals surface area (Å²) in [4.78, 5) is 1.86. The van der Waals surface area contributed by atoms with Crippen LogP contribution < -0.4 is 0 Å². The maximum Gasteiger partial charge on any atom is 0.416 e. The molecule has 2 aliphatic rings. The topological polar surface area (TPSA) is 53.1 Å². The predicted molar refractivity (Wildman–Crippen MR) is 89.6 cm³/mol. The average molecular weight is 393 g/mol. The number of alkyl halides is 3. The van der Waals surface area contributed by atoms with Gasteiger partial charge in [-0.15, -0.1) is 0 Å².